The summed E-state index contributed by atoms with van der Waals surface area (Å²) in [5.41, 5.74) is 1.32. The van der Waals surface area contributed by atoms with Gasteiger partial charge in [-0.1, -0.05) is 12.1 Å². The number of carbonyl (C=O) groups excluding carboxylic acids is 1. The topological polar surface area (TPSA) is 38.3 Å². The average molecular weight is 367 g/mol. The number of halogens is 1. The van der Waals surface area contributed by atoms with Crippen molar-refractivity contribution in [3.63, 3.8) is 0 Å². The van der Waals surface area contributed by atoms with E-state index in [1.54, 1.807) is 12.1 Å². The largest absolute Gasteiger partial charge is 0.493 e. The van der Waals surface area contributed by atoms with Crippen LogP contribution in [0, 0.1) is 3.57 Å². The summed E-state index contributed by atoms with van der Waals surface area (Å²) in [6, 6.07) is 14.9. The highest BCUT2D eigenvalue weighted by Gasteiger charge is 2.11. The number of para-hydroxylation sites is 1. The van der Waals surface area contributed by atoms with Crippen molar-refractivity contribution >= 4 is 34.2 Å². The third-order valence-electron chi connectivity index (χ3n) is 2.53. The van der Waals surface area contributed by atoms with Gasteiger partial charge in [0.1, 0.15) is 5.75 Å². The van der Waals surface area contributed by atoms with Crippen LogP contribution in [0.2, 0.25) is 0 Å². The maximum Gasteiger partial charge on any atom is 0.259 e. The Balaban J connectivity index is 2.18. The number of benzene rings is 2. The van der Waals surface area contributed by atoms with Gasteiger partial charge in [-0.15, -0.1) is 0 Å². The van der Waals surface area contributed by atoms with Crippen molar-refractivity contribution in [3.8, 4) is 5.75 Å². The molecule has 0 spiro atoms. The molecule has 0 aliphatic rings. The molecule has 3 nitrogen and oxygen atoms in total. The first-order valence-corrected chi connectivity index (χ1v) is 7.07. The molecule has 0 aliphatic carbocycles. The van der Waals surface area contributed by atoms with E-state index in [0.717, 1.165) is 9.26 Å². The highest BCUT2D eigenvalue weighted by atomic mass is 127. The number of hydrogen-bond donors (Lipinski definition) is 1. The van der Waals surface area contributed by atoms with Crippen molar-refractivity contribution in [1.29, 1.82) is 0 Å². The average Bonchev–Trinajstić information content (AvgIpc) is 2.42. The number of nitrogens with one attached hydrogen (secondary N) is 1. The molecule has 2 rings (SSSR count). The van der Waals surface area contributed by atoms with E-state index in [9.17, 15) is 4.79 Å². The summed E-state index contributed by atoms with van der Waals surface area (Å²) in [5, 5.41) is 2.86. The highest BCUT2D eigenvalue weighted by Crippen LogP contribution is 2.20. The number of rotatable bonds is 4. The third kappa shape index (κ3) is 3.70. The van der Waals surface area contributed by atoms with Gasteiger partial charge in [-0.25, -0.2) is 0 Å². The Kier molecular flexibility index (Phi) is 4.79. The summed E-state index contributed by atoms with van der Waals surface area (Å²) in [6.07, 6.45) is 0. The third-order valence-corrected chi connectivity index (χ3v) is 3.25. The van der Waals surface area contributed by atoms with Gasteiger partial charge >= 0.3 is 0 Å². The van der Waals surface area contributed by atoms with Gasteiger partial charge in [0.05, 0.1) is 12.2 Å². The van der Waals surface area contributed by atoms with Crippen molar-refractivity contribution in [2.45, 2.75) is 6.92 Å². The van der Waals surface area contributed by atoms with Gasteiger partial charge in [-0.2, -0.15) is 0 Å². The quantitative estimate of drug-likeness (QED) is 0.832. The van der Waals surface area contributed by atoms with Gasteiger partial charge in [-0.3, -0.25) is 4.79 Å². The Hall–Kier alpha value is -1.56. The Labute approximate surface area is 126 Å². The fraction of sp³-hybridized carbons (Fsp3) is 0.133. The van der Waals surface area contributed by atoms with E-state index in [4.69, 9.17) is 4.74 Å². The fourth-order valence-electron chi connectivity index (χ4n) is 1.67. The summed E-state index contributed by atoms with van der Waals surface area (Å²) in [5.74, 6) is 0.443. The zero-order chi connectivity index (χ0) is 13.7. The van der Waals surface area contributed by atoms with Crippen LogP contribution in [0.1, 0.15) is 17.3 Å². The molecule has 0 bridgehead atoms. The van der Waals surface area contributed by atoms with E-state index in [1.165, 1.54) is 0 Å². The number of carbonyl (C=O) groups is 1. The van der Waals surface area contributed by atoms with Crippen molar-refractivity contribution in [2.24, 2.45) is 0 Å². The molecule has 1 N–H and O–H groups in total. The lowest BCUT2D eigenvalue weighted by molar-refractivity contribution is 0.102. The van der Waals surface area contributed by atoms with E-state index in [1.807, 2.05) is 43.3 Å². The Morgan fingerprint density at radius 2 is 1.84 bits per heavy atom. The van der Waals surface area contributed by atoms with Crippen LogP contribution >= 0.6 is 22.6 Å². The van der Waals surface area contributed by atoms with Crippen molar-refractivity contribution in [3.05, 3.63) is 57.7 Å². The fourth-order valence-corrected chi connectivity index (χ4v) is 2.03. The van der Waals surface area contributed by atoms with Crippen molar-refractivity contribution in [1.82, 2.24) is 0 Å². The minimum Gasteiger partial charge on any atom is -0.493 e. The van der Waals surface area contributed by atoms with Crippen molar-refractivity contribution < 1.29 is 9.53 Å². The molecule has 2 aromatic rings. The maximum atomic E-state index is 12.2. The van der Waals surface area contributed by atoms with E-state index in [0.29, 0.717) is 17.9 Å². The summed E-state index contributed by atoms with van der Waals surface area (Å²) >= 11 is 2.23. The smallest absolute Gasteiger partial charge is 0.259 e. The molecule has 4 heteroatoms. The van der Waals surface area contributed by atoms with E-state index in [2.05, 4.69) is 27.9 Å². The monoisotopic (exact) mass is 367 g/mol. The van der Waals surface area contributed by atoms with Crippen LogP contribution in [0.15, 0.2) is 48.5 Å². The number of hydrogen-bond acceptors (Lipinski definition) is 2. The normalized spacial score (nSPS) is 10.0. The summed E-state index contributed by atoms with van der Waals surface area (Å²) in [4.78, 5) is 12.2. The molecule has 0 radical (unpaired) electrons. The summed E-state index contributed by atoms with van der Waals surface area (Å²) in [7, 11) is 0. The van der Waals surface area contributed by atoms with Crippen LogP contribution in [0.25, 0.3) is 0 Å². The van der Waals surface area contributed by atoms with E-state index in [-0.39, 0.29) is 5.91 Å². The number of amides is 1. The predicted molar refractivity (Wildman–Crippen MR) is 84.7 cm³/mol. The molecule has 98 valence electrons. The van der Waals surface area contributed by atoms with Gasteiger partial charge in [-0.05, 0) is 65.9 Å². The molecule has 0 aliphatic heterocycles. The zero-order valence-electron chi connectivity index (χ0n) is 10.5. The minimum atomic E-state index is -0.162. The van der Waals surface area contributed by atoms with Gasteiger partial charge < -0.3 is 10.1 Å². The standard InChI is InChI=1S/C15H14INO2/c1-2-19-14-6-4-3-5-13(14)15(18)17-12-9-7-11(16)8-10-12/h3-10H,2H2,1H3,(H,17,18). The predicted octanol–water partition coefficient (Wildman–Crippen LogP) is 3.94. The summed E-state index contributed by atoms with van der Waals surface area (Å²) in [6.45, 7) is 2.43. The van der Waals surface area contributed by atoms with Gasteiger partial charge in [0, 0.05) is 9.26 Å². The second kappa shape index (κ2) is 6.56. The van der Waals surface area contributed by atoms with Crippen LogP contribution in [0.3, 0.4) is 0 Å². The van der Waals surface area contributed by atoms with Crippen LogP contribution < -0.4 is 10.1 Å². The van der Waals surface area contributed by atoms with Gasteiger partial charge in [0.15, 0.2) is 0 Å². The molecule has 1 amide bonds. The molecule has 0 heterocycles. The molecule has 0 unspecified atom stereocenters. The highest BCUT2D eigenvalue weighted by molar-refractivity contribution is 14.1. The molecule has 0 saturated carbocycles. The number of ether oxygens (including phenoxy) is 1. The Morgan fingerprint density at radius 3 is 2.53 bits per heavy atom. The maximum absolute atomic E-state index is 12.2. The lowest BCUT2D eigenvalue weighted by Gasteiger charge is -2.10. The molecule has 0 atom stereocenters. The second-order valence-electron chi connectivity index (χ2n) is 3.89. The molecule has 0 aromatic heterocycles. The van der Waals surface area contributed by atoms with Crippen LogP contribution in [-0.2, 0) is 0 Å². The lowest BCUT2D eigenvalue weighted by atomic mass is 10.2. The van der Waals surface area contributed by atoms with E-state index >= 15 is 0 Å². The second-order valence-corrected chi connectivity index (χ2v) is 5.14. The van der Waals surface area contributed by atoms with E-state index < -0.39 is 0 Å². The minimum absolute atomic E-state index is 0.162. The first-order chi connectivity index (χ1) is 9.20. The van der Waals surface area contributed by atoms with Crippen LogP contribution in [-0.4, -0.2) is 12.5 Å². The summed E-state index contributed by atoms with van der Waals surface area (Å²) < 4.78 is 6.58. The molecule has 19 heavy (non-hydrogen) atoms. The first-order valence-electron chi connectivity index (χ1n) is 5.99. The van der Waals surface area contributed by atoms with Crippen LogP contribution in [0.4, 0.5) is 5.69 Å². The molecular weight excluding hydrogens is 353 g/mol. The van der Waals surface area contributed by atoms with Crippen LogP contribution in [0.5, 0.6) is 5.75 Å². The zero-order valence-corrected chi connectivity index (χ0v) is 12.7. The lowest BCUT2D eigenvalue weighted by Crippen LogP contribution is -2.13. The molecule has 2 aromatic carbocycles. The number of anilines is 1. The first kappa shape index (κ1) is 13.9. The van der Waals surface area contributed by atoms with Crippen molar-refractivity contribution in [2.75, 3.05) is 11.9 Å². The Bertz CT molecular complexity index is 567. The van der Waals surface area contributed by atoms with Gasteiger partial charge in [0.25, 0.3) is 5.91 Å². The molecular formula is C15H14INO2. The molecule has 0 saturated heterocycles. The SMILES string of the molecule is CCOc1ccccc1C(=O)Nc1ccc(I)cc1. The Morgan fingerprint density at radius 1 is 1.16 bits per heavy atom. The van der Waals surface area contributed by atoms with Gasteiger partial charge in [0.2, 0.25) is 0 Å². The molecule has 0 fully saturated rings.